The highest BCUT2D eigenvalue weighted by atomic mass is 16.2. The van der Waals surface area contributed by atoms with Crippen LogP contribution in [0.15, 0.2) is 24.5 Å². The lowest BCUT2D eigenvalue weighted by molar-refractivity contribution is -0.130. The molecule has 0 radical (unpaired) electrons. The molecule has 0 aliphatic carbocycles. The van der Waals surface area contributed by atoms with Crippen molar-refractivity contribution in [3.63, 3.8) is 0 Å². The number of nitrogens with one attached hydrogen (secondary N) is 1. The molecule has 1 saturated heterocycles. The highest BCUT2D eigenvalue weighted by molar-refractivity contribution is 5.79. The predicted molar refractivity (Wildman–Crippen MR) is 98.3 cm³/mol. The first-order chi connectivity index (χ1) is 12.2. The summed E-state index contributed by atoms with van der Waals surface area (Å²) < 4.78 is 0. The third kappa shape index (κ3) is 6.72. The molecule has 1 fully saturated rings. The van der Waals surface area contributed by atoms with E-state index in [0.717, 1.165) is 31.4 Å². The third-order valence-corrected chi connectivity index (χ3v) is 4.52. The summed E-state index contributed by atoms with van der Waals surface area (Å²) in [6, 6.07) is 3.76. The number of urea groups is 1. The number of hydrogen-bond acceptors (Lipinski definition) is 3. The van der Waals surface area contributed by atoms with E-state index in [4.69, 9.17) is 0 Å². The minimum Gasteiger partial charge on any atom is -0.341 e. The van der Waals surface area contributed by atoms with Crippen LogP contribution in [0.2, 0.25) is 0 Å². The average molecular weight is 346 g/mol. The second-order valence-electron chi connectivity index (χ2n) is 6.55. The van der Waals surface area contributed by atoms with Crippen LogP contribution in [0.25, 0.3) is 0 Å². The van der Waals surface area contributed by atoms with Crippen molar-refractivity contribution in [2.75, 3.05) is 32.7 Å². The number of hydrogen-bond donors (Lipinski definition) is 1. The summed E-state index contributed by atoms with van der Waals surface area (Å²) in [6.07, 6.45) is 9.24. The second-order valence-corrected chi connectivity index (χ2v) is 6.55. The maximum atomic E-state index is 12.4. The van der Waals surface area contributed by atoms with Crippen molar-refractivity contribution in [1.82, 2.24) is 20.1 Å². The Hall–Kier alpha value is -2.11. The summed E-state index contributed by atoms with van der Waals surface area (Å²) >= 11 is 0. The van der Waals surface area contributed by atoms with Gasteiger partial charge in [-0.2, -0.15) is 0 Å². The Labute approximate surface area is 150 Å². The normalized spacial score (nSPS) is 14.9. The fraction of sp³-hybridized carbons (Fsp3) is 0.632. The van der Waals surface area contributed by atoms with Crippen LogP contribution in [0.5, 0.6) is 0 Å². The minimum absolute atomic E-state index is 0.00180. The lowest BCUT2D eigenvalue weighted by Gasteiger charge is -2.22. The topological polar surface area (TPSA) is 65.5 Å². The zero-order chi connectivity index (χ0) is 17.9. The maximum absolute atomic E-state index is 12.4. The van der Waals surface area contributed by atoms with Gasteiger partial charge in [0.15, 0.2) is 0 Å². The SMILES string of the molecule is CCCCCCNC(=O)N1CCCN(C(=O)Cc2cccnc2)CC1. The summed E-state index contributed by atoms with van der Waals surface area (Å²) in [5, 5.41) is 3.00. The van der Waals surface area contributed by atoms with Gasteiger partial charge >= 0.3 is 6.03 Å². The van der Waals surface area contributed by atoms with Gasteiger partial charge < -0.3 is 15.1 Å². The van der Waals surface area contributed by atoms with Crippen molar-refractivity contribution in [3.05, 3.63) is 30.1 Å². The molecular formula is C19H30N4O2. The molecule has 0 saturated carbocycles. The van der Waals surface area contributed by atoms with Crippen LogP contribution in [-0.4, -0.2) is 59.4 Å². The van der Waals surface area contributed by atoms with E-state index in [2.05, 4.69) is 17.2 Å². The van der Waals surface area contributed by atoms with Crippen molar-refractivity contribution in [2.45, 2.75) is 45.4 Å². The lowest BCUT2D eigenvalue weighted by atomic mass is 10.2. The van der Waals surface area contributed by atoms with Gasteiger partial charge in [-0.25, -0.2) is 4.79 Å². The number of pyridine rings is 1. The summed E-state index contributed by atoms with van der Waals surface area (Å²) in [4.78, 5) is 32.4. The number of rotatable bonds is 7. The zero-order valence-corrected chi connectivity index (χ0v) is 15.2. The molecule has 1 aliphatic rings. The molecular weight excluding hydrogens is 316 g/mol. The smallest absolute Gasteiger partial charge is 0.317 e. The van der Waals surface area contributed by atoms with Gasteiger partial charge in [-0.15, -0.1) is 0 Å². The Morgan fingerprint density at radius 1 is 1.12 bits per heavy atom. The molecule has 2 rings (SSSR count). The molecule has 1 aromatic rings. The molecule has 6 heteroatoms. The van der Waals surface area contributed by atoms with Gasteiger partial charge in [0.2, 0.25) is 5.91 Å². The van der Waals surface area contributed by atoms with E-state index in [1.165, 1.54) is 12.8 Å². The molecule has 0 unspecified atom stereocenters. The molecule has 1 N–H and O–H groups in total. The standard InChI is InChI=1S/C19H30N4O2/c1-2-3-4-5-10-21-19(25)23-12-7-11-22(13-14-23)18(24)15-17-8-6-9-20-16-17/h6,8-9,16H,2-5,7,10-15H2,1H3,(H,21,25). The number of nitrogens with zero attached hydrogens (tertiary/aromatic N) is 3. The predicted octanol–water partition coefficient (Wildman–Crippen LogP) is 2.45. The van der Waals surface area contributed by atoms with Crippen molar-refractivity contribution >= 4 is 11.9 Å². The molecule has 1 aliphatic heterocycles. The van der Waals surface area contributed by atoms with Crippen molar-refractivity contribution in [1.29, 1.82) is 0 Å². The summed E-state index contributed by atoms with van der Waals surface area (Å²) in [6.45, 7) is 5.52. The molecule has 6 nitrogen and oxygen atoms in total. The summed E-state index contributed by atoms with van der Waals surface area (Å²) in [7, 11) is 0. The lowest BCUT2D eigenvalue weighted by Crippen LogP contribution is -2.43. The summed E-state index contributed by atoms with van der Waals surface area (Å²) in [5.41, 5.74) is 0.929. The quantitative estimate of drug-likeness (QED) is 0.771. The van der Waals surface area contributed by atoms with Crippen molar-refractivity contribution < 1.29 is 9.59 Å². The van der Waals surface area contributed by atoms with Gasteiger partial charge in [0.05, 0.1) is 6.42 Å². The fourth-order valence-electron chi connectivity index (χ4n) is 3.02. The Morgan fingerprint density at radius 2 is 1.92 bits per heavy atom. The van der Waals surface area contributed by atoms with Gasteiger partial charge in [0.1, 0.15) is 0 Å². The first-order valence-electron chi connectivity index (χ1n) is 9.40. The fourth-order valence-corrected chi connectivity index (χ4v) is 3.02. The van der Waals surface area contributed by atoms with Crippen LogP contribution in [-0.2, 0) is 11.2 Å². The van der Waals surface area contributed by atoms with Crippen LogP contribution < -0.4 is 5.32 Å². The van der Waals surface area contributed by atoms with Gasteiger partial charge in [-0.05, 0) is 24.5 Å². The molecule has 138 valence electrons. The van der Waals surface area contributed by atoms with E-state index in [9.17, 15) is 9.59 Å². The Balaban J connectivity index is 1.73. The van der Waals surface area contributed by atoms with E-state index in [0.29, 0.717) is 32.6 Å². The average Bonchev–Trinajstić information content (AvgIpc) is 2.88. The van der Waals surface area contributed by atoms with E-state index in [1.807, 2.05) is 21.9 Å². The van der Waals surface area contributed by atoms with Gasteiger partial charge in [0, 0.05) is 45.1 Å². The van der Waals surface area contributed by atoms with Crippen LogP contribution in [0.3, 0.4) is 0 Å². The number of unbranched alkanes of at least 4 members (excludes halogenated alkanes) is 3. The third-order valence-electron chi connectivity index (χ3n) is 4.52. The monoisotopic (exact) mass is 346 g/mol. The van der Waals surface area contributed by atoms with E-state index >= 15 is 0 Å². The minimum atomic E-state index is -0.00180. The molecule has 0 spiro atoms. The van der Waals surface area contributed by atoms with E-state index in [1.54, 1.807) is 12.4 Å². The molecule has 0 atom stereocenters. The van der Waals surface area contributed by atoms with Crippen molar-refractivity contribution in [3.8, 4) is 0 Å². The molecule has 3 amide bonds. The number of aromatic nitrogens is 1. The first-order valence-corrected chi connectivity index (χ1v) is 9.40. The van der Waals surface area contributed by atoms with Crippen LogP contribution in [0.4, 0.5) is 4.79 Å². The second kappa shape index (κ2) is 10.7. The van der Waals surface area contributed by atoms with Gasteiger partial charge in [0.25, 0.3) is 0 Å². The molecule has 0 bridgehead atoms. The summed E-state index contributed by atoms with van der Waals surface area (Å²) in [5.74, 6) is 0.106. The Kier molecular flexibility index (Phi) is 8.22. The molecule has 1 aromatic heterocycles. The largest absolute Gasteiger partial charge is 0.341 e. The van der Waals surface area contributed by atoms with Gasteiger partial charge in [-0.3, -0.25) is 9.78 Å². The van der Waals surface area contributed by atoms with Crippen LogP contribution >= 0.6 is 0 Å². The van der Waals surface area contributed by atoms with Crippen molar-refractivity contribution in [2.24, 2.45) is 0 Å². The Morgan fingerprint density at radius 3 is 2.68 bits per heavy atom. The molecule has 25 heavy (non-hydrogen) atoms. The van der Waals surface area contributed by atoms with Crippen LogP contribution in [0.1, 0.15) is 44.6 Å². The zero-order valence-electron chi connectivity index (χ0n) is 15.2. The Bertz CT molecular complexity index is 535. The van der Waals surface area contributed by atoms with Crippen LogP contribution in [0, 0.1) is 0 Å². The maximum Gasteiger partial charge on any atom is 0.317 e. The highest BCUT2D eigenvalue weighted by Crippen LogP contribution is 2.07. The van der Waals surface area contributed by atoms with E-state index in [-0.39, 0.29) is 11.9 Å². The van der Waals surface area contributed by atoms with E-state index < -0.39 is 0 Å². The number of carbonyl (C=O) groups excluding carboxylic acids is 2. The first kappa shape index (κ1) is 19.2. The highest BCUT2D eigenvalue weighted by Gasteiger charge is 2.21. The number of carbonyl (C=O) groups is 2. The number of amides is 3. The van der Waals surface area contributed by atoms with Gasteiger partial charge in [-0.1, -0.05) is 32.3 Å². The molecule has 2 heterocycles. The molecule has 0 aromatic carbocycles.